The van der Waals surface area contributed by atoms with Gasteiger partial charge in [-0.25, -0.2) is 9.79 Å². The molecular formula is C52H75N9O10. The second-order valence-electron chi connectivity index (χ2n) is 18.9. The Morgan fingerprint density at radius 2 is 1.48 bits per heavy atom. The van der Waals surface area contributed by atoms with Crippen molar-refractivity contribution in [3.05, 3.63) is 100 Å². The molecule has 3 aromatic rings. The van der Waals surface area contributed by atoms with Crippen molar-refractivity contribution in [3.8, 4) is 5.75 Å². The molecule has 3 unspecified atom stereocenters. The van der Waals surface area contributed by atoms with Gasteiger partial charge >= 0.3 is 6.09 Å². The highest BCUT2D eigenvalue weighted by Crippen LogP contribution is 2.30. The van der Waals surface area contributed by atoms with E-state index in [1.807, 2.05) is 82.2 Å². The third-order valence-electron chi connectivity index (χ3n) is 13.0. The molecule has 0 bridgehead atoms. The number of carbonyl (C=O) groups is 5. The number of methoxy groups -OCH3 is 2. The summed E-state index contributed by atoms with van der Waals surface area (Å²) in [6.45, 7) is 10.3. The number of guanidine groups is 1. The molecule has 0 saturated carbocycles. The number of rotatable bonds is 23. The van der Waals surface area contributed by atoms with Crippen LogP contribution in [0.1, 0.15) is 71.4 Å². The summed E-state index contributed by atoms with van der Waals surface area (Å²) in [7, 11) is 12.4. The zero-order valence-corrected chi connectivity index (χ0v) is 43.4. The van der Waals surface area contributed by atoms with E-state index in [0.717, 1.165) is 12.0 Å². The predicted molar refractivity (Wildman–Crippen MR) is 273 cm³/mol. The minimum atomic E-state index is -0.986. The van der Waals surface area contributed by atoms with Crippen molar-refractivity contribution < 1.29 is 43.1 Å². The Labute approximate surface area is 418 Å². The number of nitrogens with one attached hydrogen (secondary N) is 3. The van der Waals surface area contributed by atoms with Crippen molar-refractivity contribution in [2.24, 2.45) is 22.7 Å². The Kier molecular flexibility index (Phi) is 21.8. The Hall–Kier alpha value is -6.60. The maximum absolute atomic E-state index is 14.5. The molecule has 3 N–H and O–H groups in total. The zero-order chi connectivity index (χ0) is 52.5. The van der Waals surface area contributed by atoms with E-state index in [-0.39, 0.29) is 54.5 Å². The Morgan fingerprint density at radius 3 is 2.03 bits per heavy atom. The number of amides is 5. The number of carbonyl (C=O) groups excluding carboxylic acids is 5. The Bertz CT molecular complexity index is 2250. The summed E-state index contributed by atoms with van der Waals surface area (Å²) >= 11 is 0. The highest BCUT2D eigenvalue weighted by atomic mass is 16.6. The van der Waals surface area contributed by atoms with Gasteiger partial charge in [-0.2, -0.15) is 0 Å². The van der Waals surface area contributed by atoms with Gasteiger partial charge in [0.15, 0.2) is 5.96 Å². The number of hydrogen-bond donors (Lipinski definition) is 3. The van der Waals surface area contributed by atoms with Gasteiger partial charge < -0.3 is 49.8 Å². The first kappa shape index (κ1) is 57.0. The first-order valence-electron chi connectivity index (χ1n) is 24.2. The predicted octanol–water partition coefficient (Wildman–Crippen LogP) is 5.97. The fraction of sp³-hybridized carbons (Fsp3) is 0.538. The van der Waals surface area contributed by atoms with Gasteiger partial charge in [0, 0.05) is 86.8 Å². The van der Waals surface area contributed by atoms with Gasteiger partial charge in [0.1, 0.15) is 17.8 Å². The van der Waals surface area contributed by atoms with Crippen molar-refractivity contribution in [2.75, 3.05) is 61.3 Å². The molecule has 0 radical (unpaired) electrons. The average Bonchev–Trinajstić information content (AvgIpc) is 3.83. The average molecular weight is 986 g/mol. The molecule has 19 nitrogen and oxygen atoms in total. The molecule has 0 aromatic heterocycles. The summed E-state index contributed by atoms with van der Waals surface area (Å²) in [6, 6.07) is 18.7. The number of nitro groups is 1. The van der Waals surface area contributed by atoms with Crippen LogP contribution in [-0.2, 0) is 41.6 Å². The van der Waals surface area contributed by atoms with E-state index in [4.69, 9.17) is 19.2 Å². The third-order valence-corrected chi connectivity index (χ3v) is 13.0. The van der Waals surface area contributed by atoms with Crippen LogP contribution in [0.4, 0.5) is 16.2 Å². The van der Waals surface area contributed by atoms with Crippen molar-refractivity contribution in [3.63, 3.8) is 0 Å². The molecule has 3 aromatic carbocycles. The highest BCUT2D eigenvalue weighted by Gasteiger charge is 2.43. The van der Waals surface area contributed by atoms with E-state index in [1.54, 1.807) is 55.1 Å². The summed E-state index contributed by atoms with van der Waals surface area (Å²) in [5, 5.41) is 19.4. The quantitative estimate of drug-likeness (QED) is 0.0433. The SMILES string of the molecule is CC[C@H](C)[C@@H]([C@@H](CC(=O)N1CCCC1[C@H](OC)[C@@H](C)C(=O)NC(Cc1ccccc1)C(=O)Nc1ccc(CNC(=O)Oc2ccc([N+](=O)[O-])cc2)cc1)OC)N(C)C(=O)C(N=C(N(C)C)N(C)C)C(C)C. The van der Waals surface area contributed by atoms with E-state index in [1.165, 1.54) is 31.4 Å². The van der Waals surface area contributed by atoms with E-state index < -0.39 is 65.1 Å². The van der Waals surface area contributed by atoms with Crippen LogP contribution in [0.5, 0.6) is 5.75 Å². The largest absolute Gasteiger partial charge is 0.412 e. The van der Waals surface area contributed by atoms with Gasteiger partial charge in [0.2, 0.25) is 23.6 Å². The number of nitrogens with zero attached hydrogens (tertiary/aromatic N) is 6. The van der Waals surface area contributed by atoms with Gasteiger partial charge in [0.25, 0.3) is 5.69 Å². The number of benzene rings is 3. The van der Waals surface area contributed by atoms with E-state index in [0.29, 0.717) is 36.6 Å². The lowest BCUT2D eigenvalue weighted by molar-refractivity contribution is -0.384. The minimum absolute atomic E-state index is 0.000523. The number of likely N-dealkylation sites (tertiary alicyclic amines) is 1. The molecule has 8 atom stereocenters. The lowest BCUT2D eigenvalue weighted by atomic mass is 9.89. The maximum Gasteiger partial charge on any atom is 0.412 e. The topological polar surface area (TPSA) is 218 Å². The standard InChI is InChI=1S/C52H75N9O10/c1-13-34(4)46(59(10)50(65)45(33(2)3)56-51(57(6)7)58(8)9)43(69-11)31-44(62)60-29-17-20-42(60)47(70-12)35(5)48(63)55-41(30-36-18-15-14-16-19-36)49(64)54-38-23-21-37(22-24-38)32-53-52(66)71-40-27-25-39(26-28-40)61(67)68/h14-16,18-19,21-28,33-35,41-43,45-47H,13,17,20,29-32H2,1-12H3,(H,53,66)(H,54,64)(H,55,63)/t34-,35+,41?,42?,43+,45?,46-,47+/m0/s1. The molecule has 1 fully saturated rings. The van der Waals surface area contributed by atoms with Crippen molar-refractivity contribution >= 4 is 47.1 Å². The summed E-state index contributed by atoms with van der Waals surface area (Å²) in [6.07, 6.45) is 0.124. The molecule has 388 valence electrons. The number of nitro benzene ring substituents is 1. The van der Waals surface area contributed by atoms with Gasteiger partial charge in [-0.3, -0.25) is 29.3 Å². The summed E-state index contributed by atoms with van der Waals surface area (Å²) in [5.74, 6) is -1.30. The monoisotopic (exact) mass is 986 g/mol. The van der Waals surface area contributed by atoms with E-state index in [2.05, 4.69) is 29.8 Å². The minimum Gasteiger partial charge on any atom is -0.410 e. The molecule has 1 aliphatic rings. The number of ether oxygens (including phenoxy) is 3. The number of likely N-dealkylation sites (N-methyl/N-ethyl adjacent to an activating group) is 1. The van der Waals surface area contributed by atoms with Crippen LogP contribution in [0.2, 0.25) is 0 Å². The number of hydrogen-bond acceptors (Lipinski definition) is 11. The van der Waals surface area contributed by atoms with Crippen molar-refractivity contribution in [1.82, 2.24) is 30.2 Å². The summed E-state index contributed by atoms with van der Waals surface area (Å²) in [4.78, 5) is 92.0. The van der Waals surface area contributed by atoms with Crippen molar-refractivity contribution in [2.45, 2.75) is 110 Å². The molecule has 71 heavy (non-hydrogen) atoms. The lowest BCUT2D eigenvalue weighted by Crippen LogP contribution is -2.55. The van der Waals surface area contributed by atoms with Gasteiger partial charge in [-0.15, -0.1) is 0 Å². The van der Waals surface area contributed by atoms with Crippen LogP contribution < -0.4 is 20.7 Å². The lowest BCUT2D eigenvalue weighted by Gasteiger charge is -2.40. The summed E-state index contributed by atoms with van der Waals surface area (Å²) < 4.78 is 17.3. The van der Waals surface area contributed by atoms with Crippen LogP contribution in [-0.4, -0.2) is 153 Å². The van der Waals surface area contributed by atoms with Crippen LogP contribution in [0.15, 0.2) is 83.9 Å². The molecule has 5 amide bonds. The number of non-ortho nitro benzene ring substituents is 1. The normalized spacial score (nSPS) is 16.3. The molecule has 1 heterocycles. The highest BCUT2D eigenvalue weighted by molar-refractivity contribution is 5.97. The number of anilines is 1. The maximum atomic E-state index is 14.5. The first-order valence-corrected chi connectivity index (χ1v) is 24.2. The molecule has 1 saturated heterocycles. The fourth-order valence-corrected chi connectivity index (χ4v) is 9.01. The molecule has 4 rings (SSSR count). The summed E-state index contributed by atoms with van der Waals surface area (Å²) in [5.41, 5.74) is 1.86. The Morgan fingerprint density at radius 1 is 0.845 bits per heavy atom. The molecule has 1 aliphatic heterocycles. The zero-order valence-electron chi connectivity index (χ0n) is 43.4. The fourth-order valence-electron chi connectivity index (χ4n) is 9.01. The smallest absolute Gasteiger partial charge is 0.410 e. The molecule has 0 spiro atoms. The van der Waals surface area contributed by atoms with Crippen LogP contribution in [0, 0.1) is 27.9 Å². The molecular weight excluding hydrogens is 911 g/mol. The second kappa shape index (κ2) is 27.1. The van der Waals surface area contributed by atoms with Crippen LogP contribution in [0.3, 0.4) is 0 Å². The van der Waals surface area contributed by atoms with Crippen molar-refractivity contribution in [1.29, 1.82) is 0 Å². The molecule has 19 heteroatoms. The third kappa shape index (κ3) is 16.0. The van der Waals surface area contributed by atoms with Gasteiger partial charge in [-0.1, -0.05) is 83.5 Å². The van der Waals surface area contributed by atoms with E-state index >= 15 is 0 Å². The Balaban J connectivity index is 1.45. The molecule has 0 aliphatic carbocycles. The second-order valence-corrected chi connectivity index (χ2v) is 18.9. The first-order chi connectivity index (χ1) is 33.7. The van der Waals surface area contributed by atoms with Gasteiger partial charge in [0.05, 0.1) is 41.6 Å². The van der Waals surface area contributed by atoms with E-state index in [9.17, 15) is 34.1 Å². The number of aliphatic imine (C=N–C) groups is 1. The van der Waals surface area contributed by atoms with Crippen LogP contribution in [0.25, 0.3) is 0 Å². The van der Waals surface area contributed by atoms with Crippen LogP contribution >= 0.6 is 0 Å². The van der Waals surface area contributed by atoms with Gasteiger partial charge in [-0.05, 0) is 60.1 Å².